The van der Waals surface area contributed by atoms with Gasteiger partial charge in [-0.1, -0.05) is 26.0 Å². The monoisotopic (exact) mass is 599 g/mol. The number of carbonyl (C=O) groups excluding carboxylic acids is 1. The molecule has 5 N–H and O–H groups in total. The Labute approximate surface area is 235 Å². The maximum atomic E-state index is 15.7. The van der Waals surface area contributed by atoms with Gasteiger partial charge in [-0.3, -0.25) is 10.0 Å². The van der Waals surface area contributed by atoms with Gasteiger partial charge in [0.25, 0.3) is 5.91 Å². The molecular formula is C25H34FN5O9S. The van der Waals surface area contributed by atoms with E-state index in [0.717, 1.165) is 8.99 Å². The Morgan fingerprint density at radius 2 is 1.93 bits per heavy atom. The highest BCUT2D eigenvalue weighted by atomic mass is 32.2. The Morgan fingerprint density at radius 3 is 2.49 bits per heavy atom. The summed E-state index contributed by atoms with van der Waals surface area (Å²) in [6.07, 6.45) is -5.10. The lowest BCUT2D eigenvalue weighted by atomic mass is 9.30. The van der Waals surface area contributed by atoms with E-state index in [1.165, 1.54) is 43.1 Å². The molecule has 9 atom stereocenters. The third-order valence-corrected chi connectivity index (χ3v) is 11.1. The minimum absolute atomic E-state index is 0.0552. The van der Waals surface area contributed by atoms with Gasteiger partial charge in [0.05, 0.1) is 60.8 Å². The minimum atomic E-state index is -4.35. The number of methoxy groups -OCH3 is 1. The second-order valence-corrected chi connectivity index (χ2v) is 13.3. The number of aliphatic hydroxyl groups is 3. The fourth-order valence-electron chi connectivity index (χ4n) is 7.01. The molecule has 3 aliphatic rings. The first-order chi connectivity index (χ1) is 19.3. The van der Waals surface area contributed by atoms with Gasteiger partial charge in [0.1, 0.15) is 11.8 Å². The van der Waals surface area contributed by atoms with E-state index in [2.05, 4.69) is 10.3 Å². The van der Waals surface area contributed by atoms with E-state index in [-0.39, 0.29) is 10.6 Å². The zero-order valence-corrected chi connectivity index (χ0v) is 23.6. The van der Waals surface area contributed by atoms with Crippen LogP contribution >= 0.6 is 0 Å². The predicted octanol–water partition coefficient (Wildman–Crippen LogP) is -0.407. The van der Waals surface area contributed by atoms with Gasteiger partial charge in [-0.25, -0.2) is 23.0 Å². The van der Waals surface area contributed by atoms with Gasteiger partial charge in [-0.2, -0.15) is 4.31 Å². The highest BCUT2D eigenvalue weighted by Crippen LogP contribution is 2.77. The van der Waals surface area contributed by atoms with Crippen LogP contribution in [0.2, 0.25) is 0 Å². The van der Waals surface area contributed by atoms with Crippen LogP contribution in [0.15, 0.2) is 35.4 Å². The number of hydroxylamine groups is 1. The van der Waals surface area contributed by atoms with Crippen LogP contribution in [0.3, 0.4) is 0 Å². The number of fused-ring (bicyclic) bond motifs is 4. The van der Waals surface area contributed by atoms with Crippen LogP contribution in [0.4, 0.5) is 4.39 Å². The lowest BCUT2D eigenvalue weighted by Gasteiger charge is -2.76. The highest BCUT2D eigenvalue weighted by molar-refractivity contribution is 7.89. The number of rotatable bonds is 10. The van der Waals surface area contributed by atoms with Crippen molar-refractivity contribution in [3.05, 3.63) is 36.2 Å². The molecule has 2 saturated carbocycles. The number of aliphatic hydroxyl groups excluding tert-OH is 3. The Hall–Kier alpha value is -2.73. The Kier molecular flexibility index (Phi) is 7.41. The molecule has 41 heavy (non-hydrogen) atoms. The van der Waals surface area contributed by atoms with E-state index < -0.39 is 88.5 Å². The topological polar surface area (TPSA) is 197 Å². The van der Waals surface area contributed by atoms with Gasteiger partial charge >= 0.3 is 0 Å². The van der Waals surface area contributed by atoms with Crippen molar-refractivity contribution in [2.45, 2.75) is 69.0 Å². The number of carbonyl (C=O) groups is 1. The molecule has 3 fully saturated rings. The van der Waals surface area contributed by atoms with Crippen molar-refractivity contribution in [2.75, 3.05) is 13.7 Å². The van der Waals surface area contributed by atoms with Crippen molar-refractivity contribution < 1.29 is 47.6 Å². The molecule has 0 radical (unpaired) electrons. The molecule has 1 amide bonds. The maximum Gasteiger partial charge on any atom is 0.262 e. The molecule has 0 bridgehead atoms. The average Bonchev–Trinajstić information content (AvgIpc) is 3.54. The minimum Gasteiger partial charge on any atom is -0.497 e. The SMILES string of the molecule is COc1ccc(S(=O)(=O)N(Cc2cn(C3OC4C(C3F)C3(C)C(O)C(O)C43CO)nn2)C(C(=O)NO)C(C)C)cc1. The van der Waals surface area contributed by atoms with Gasteiger partial charge in [0.2, 0.25) is 10.0 Å². The summed E-state index contributed by atoms with van der Waals surface area (Å²) in [4.78, 5) is 12.5. The van der Waals surface area contributed by atoms with Gasteiger partial charge in [-0.15, -0.1) is 5.10 Å². The van der Waals surface area contributed by atoms with Gasteiger partial charge in [0, 0.05) is 11.3 Å². The van der Waals surface area contributed by atoms with Gasteiger partial charge < -0.3 is 24.8 Å². The number of benzene rings is 1. The molecule has 14 nitrogen and oxygen atoms in total. The van der Waals surface area contributed by atoms with E-state index in [1.807, 2.05) is 0 Å². The summed E-state index contributed by atoms with van der Waals surface area (Å²) in [6, 6.07) is 4.18. The molecule has 226 valence electrons. The summed E-state index contributed by atoms with van der Waals surface area (Å²) in [5.41, 5.74) is -0.741. The summed E-state index contributed by atoms with van der Waals surface area (Å²) in [7, 11) is -2.92. The molecule has 0 spiro atoms. The molecule has 2 heterocycles. The van der Waals surface area contributed by atoms with Crippen molar-refractivity contribution >= 4 is 15.9 Å². The zero-order valence-electron chi connectivity index (χ0n) is 22.8. The van der Waals surface area contributed by atoms with E-state index >= 15 is 4.39 Å². The number of nitrogens with one attached hydrogen (secondary N) is 1. The Bertz CT molecular complexity index is 1410. The quantitative estimate of drug-likeness (QED) is 0.176. The van der Waals surface area contributed by atoms with E-state index in [1.54, 1.807) is 20.8 Å². The Balaban J connectivity index is 1.45. The standard InChI is InChI=1S/C25H34FN5O9S/c1-12(2)18(22(35)28-36)31(41(37,38)15-7-5-14(39-4)6-8-15)10-13-9-30(29-27-13)23-17(26)16-21(40-23)25(11-32)20(34)19(33)24(16,25)3/h5-9,12,16-21,23,32-34,36H,10-11H2,1-4H3,(H,28,35). The summed E-state index contributed by atoms with van der Waals surface area (Å²) >= 11 is 0. The van der Waals surface area contributed by atoms with Crippen molar-refractivity contribution in [2.24, 2.45) is 22.7 Å². The number of aromatic nitrogens is 3. The summed E-state index contributed by atoms with van der Waals surface area (Å²) in [6.45, 7) is 3.85. The maximum absolute atomic E-state index is 15.7. The number of sulfonamides is 1. The first-order valence-electron chi connectivity index (χ1n) is 13.1. The molecule has 1 aromatic carbocycles. The van der Waals surface area contributed by atoms with E-state index in [0.29, 0.717) is 5.75 Å². The second-order valence-electron chi connectivity index (χ2n) is 11.4. The number of nitrogens with zero attached hydrogens (tertiary/aromatic N) is 4. The molecule has 5 rings (SSSR count). The van der Waals surface area contributed by atoms with Gasteiger partial charge in [-0.05, 0) is 30.2 Å². The normalized spacial score (nSPS) is 34.9. The van der Waals surface area contributed by atoms with Crippen LogP contribution in [0, 0.1) is 22.7 Å². The van der Waals surface area contributed by atoms with Crippen LogP contribution in [0.5, 0.6) is 5.75 Å². The third-order valence-electron chi connectivity index (χ3n) is 9.26. The van der Waals surface area contributed by atoms with Crippen molar-refractivity contribution in [3.8, 4) is 5.75 Å². The van der Waals surface area contributed by atoms with Crippen molar-refractivity contribution in [1.82, 2.24) is 24.8 Å². The number of hydrogen-bond acceptors (Lipinski definition) is 11. The molecule has 2 aromatic rings. The predicted molar refractivity (Wildman–Crippen MR) is 136 cm³/mol. The fraction of sp³-hybridized carbons (Fsp3) is 0.640. The van der Waals surface area contributed by atoms with Crippen molar-refractivity contribution in [1.29, 1.82) is 0 Å². The van der Waals surface area contributed by atoms with Crippen LogP contribution in [0.1, 0.15) is 32.7 Å². The Morgan fingerprint density at radius 1 is 1.27 bits per heavy atom. The lowest BCUT2D eigenvalue weighted by molar-refractivity contribution is -0.406. The molecule has 1 saturated heterocycles. The molecule has 1 aromatic heterocycles. The molecule has 2 aliphatic carbocycles. The fourth-order valence-corrected chi connectivity index (χ4v) is 8.71. The summed E-state index contributed by atoms with van der Waals surface area (Å²) in [5.74, 6) is -1.95. The number of amides is 1. The number of alkyl halides is 1. The van der Waals surface area contributed by atoms with E-state index in [9.17, 15) is 33.7 Å². The third kappa shape index (κ3) is 3.96. The first kappa shape index (κ1) is 29.8. The lowest BCUT2D eigenvalue weighted by Crippen LogP contribution is -2.88. The number of halogens is 1. The number of hydrogen-bond donors (Lipinski definition) is 5. The first-order valence-corrected chi connectivity index (χ1v) is 14.5. The number of ether oxygens (including phenoxy) is 2. The van der Waals surface area contributed by atoms with Crippen LogP contribution in [-0.2, 0) is 26.1 Å². The van der Waals surface area contributed by atoms with Crippen molar-refractivity contribution in [3.63, 3.8) is 0 Å². The molecule has 9 unspecified atom stereocenters. The smallest absolute Gasteiger partial charge is 0.262 e. The molecule has 1 aliphatic heterocycles. The second kappa shape index (κ2) is 10.2. The van der Waals surface area contributed by atoms with Gasteiger partial charge in [0.15, 0.2) is 12.4 Å². The summed E-state index contributed by atoms with van der Waals surface area (Å²) < 4.78 is 56.2. The molecular weight excluding hydrogens is 565 g/mol. The van der Waals surface area contributed by atoms with E-state index in [4.69, 9.17) is 9.47 Å². The van der Waals surface area contributed by atoms with Crippen LogP contribution in [0.25, 0.3) is 0 Å². The highest BCUT2D eigenvalue weighted by Gasteiger charge is 2.88. The zero-order chi connectivity index (χ0) is 30.1. The largest absolute Gasteiger partial charge is 0.497 e. The summed E-state index contributed by atoms with van der Waals surface area (Å²) in [5, 5.41) is 48.2. The molecule has 16 heteroatoms. The average molecular weight is 600 g/mol. The van der Waals surface area contributed by atoms with Crippen LogP contribution in [-0.4, -0.2) is 98.4 Å². The van der Waals surface area contributed by atoms with Crippen LogP contribution < -0.4 is 10.2 Å².